The minimum absolute atomic E-state index is 0.521. The molecular formula is C7H14N2. The summed E-state index contributed by atoms with van der Waals surface area (Å²) < 4.78 is 0. The third kappa shape index (κ3) is 1.30. The summed E-state index contributed by atoms with van der Waals surface area (Å²) >= 11 is 0. The molecule has 1 rings (SSSR count). The lowest BCUT2D eigenvalue weighted by atomic mass is 10.1. The quantitative estimate of drug-likeness (QED) is 0.499. The maximum Gasteiger partial charge on any atom is 0.0746 e. The standard InChI is InChI=1S/C7H14N2/c1-6(2)9-4-7(5-9)8-3/h6-7H,3-5H2,1-2H3. The molecule has 0 aromatic rings. The van der Waals surface area contributed by atoms with Gasteiger partial charge in [0.1, 0.15) is 0 Å². The van der Waals surface area contributed by atoms with Crippen molar-refractivity contribution in [3.05, 3.63) is 0 Å². The molecule has 0 saturated carbocycles. The number of aliphatic imine (C=N–C) groups is 1. The molecule has 1 aliphatic rings. The highest BCUT2D eigenvalue weighted by Crippen LogP contribution is 2.13. The van der Waals surface area contributed by atoms with E-state index in [-0.39, 0.29) is 0 Å². The first-order valence-electron chi connectivity index (χ1n) is 3.44. The average molecular weight is 126 g/mol. The number of likely N-dealkylation sites (tertiary alicyclic amines) is 1. The molecule has 0 aromatic carbocycles. The monoisotopic (exact) mass is 126 g/mol. The van der Waals surface area contributed by atoms with E-state index in [0.717, 1.165) is 13.1 Å². The topological polar surface area (TPSA) is 15.6 Å². The van der Waals surface area contributed by atoms with Crippen LogP contribution in [0.3, 0.4) is 0 Å². The minimum Gasteiger partial charge on any atom is -0.297 e. The Morgan fingerprint density at radius 2 is 2.11 bits per heavy atom. The van der Waals surface area contributed by atoms with Crippen molar-refractivity contribution in [3.8, 4) is 0 Å². The van der Waals surface area contributed by atoms with Crippen molar-refractivity contribution in [1.82, 2.24) is 4.90 Å². The van der Waals surface area contributed by atoms with Gasteiger partial charge in [0.05, 0.1) is 6.04 Å². The number of nitrogens with zero attached hydrogens (tertiary/aromatic N) is 2. The van der Waals surface area contributed by atoms with Crippen molar-refractivity contribution in [2.24, 2.45) is 4.99 Å². The highest BCUT2D eigenvalue weighted by molar-refractivity contribution is 5.25. The van der Waals surface area contributed by atoms with Crippen LogP contribution in [-0.2, 0) is 0 Å². The molecule has 52 valence electrons. The van der Waals surface area contributed by atoms with Crippen LogP contribution < -0.4 is 0 Å². The molecule has 0 spiro atoms. The van der Waals surface area contributed by atoms with Gasteiger partial charge in [-0.15, -0.1) is 0 Å². The summed E-state index contributed by atoms with van der Waals surface area (Å²) in [4.78, 5) is 6.32. The van der Waals surface area contributed by atoms with Gasteiger partial charge in [-0.05, 0) is 20.6 Å². The predicted molar refractivity (Wildman–Crippen MR) is 40.0 cm³/mol. The lowest BCUT2D eigenvalue weighted by Gasteiger charge is -2.39. The van der Waals surface area contributed by atoms with Crippen LogP contribution in [-0.4, -0.2) is 36.8 Å². The van der Waals surface area contributed by atoms with Crippen LogP contribution >= 0.6 is 0 Å². The first kappa shape index (κ1) is 6.75. The second-order valence-electron chi connectivity index (χ2n) is 2.88. The molecule has 0 aliphatic carbocycles. The molecule has 0 atom stereocenters. The summed E-state index contributed by atoms with van der Waals surface area (Å²) in [5.74, 6) is 0. The molecule has 0 aromatic heterocycles. The van der Waals surface area contributed by atoms with E-state index in [4.69, 9.17) is 0 Å². The fraction of sp³-hybridized carbons (Fsp3) is 0.857. The molecule has 1 saturated heterocycles. The van der Waals surface area contributed by atoms with Gasteiger partial charge in [-0.2, -0.15) is 0 Å². The van der Waals surface area contributed by atoms with Gasteiger partial charge < -0.3 is 0 Å². The second-order valence-corrected chi connectivity index (χ2v) is 2.88. The van der Waals surface area contributed by atoms with Crippen LogP contribution in [0.25, 0.3) is 0 Å². The van der Waals surface area contributed by atoms with Crippen LogP contribution in [0.15, 0.2) is 4.99 Å². The van der Waals surface area contributed by atoms with E-state index in [1.165, 1.54) is 0 Å². The van der Waals surface area contributed by atoms with Crippen LogP contribution in [0.2, 0.25) is 0 Å². The van der Waals surface area contributed by atoms with E-state index in [9.17, 15) is 0 Å². The zero-order valence-electron chi connectivity index (χ0n) is 6.17. The smallest absolute Gasteiger partial charge is 0.0746 e. The van der Waals surface area contributed by atoms with Gasteiger partial charge in [0.2, 0.25) is 0 Å². The molecule has 0 unspecified atom stereocenters. The molecule has 9 heavy (non-hydrogen) atoms. The van der Waals surface area contributed by atoms with Crippen molar-refractivity contribution >= 4 is 6.72 Å². The van der Waals surface area contributed by atoms with E-state index in [1.54, 1.807) is 0 Å². The van der Waals surface area contributed by atoms with Crippen molar-refractivity contribution in [1.29, 1.82) is 0 Å². The van der Waals surface area contributed by atoms with Crippen LogP contribution in [0.4, 0.5) is 0 Å². The molecule has 0 radical (unpaired) electrons. The molecule has 1 fully saturated rings. The largest absolute Gasteiger partial charge is 0.297 e. The predicted octanol–water partition coefficient (Wildman–Crippen LogP) is 0.780. The maximum atomic E-state index is 3.93. The van der Waals surface area contributed by atoms with Gasteiger partial charge in [0.25, 0.3) is 0 Å². The molecular weight excluding hydrogens is 112 g/mol. The number of rotatable bonds is 2. The fourth-order valence-electron chi connectivity index (χ4n) is 1.03. The highest BCUT2D eigenvalue weighted by Gasteiger charge is 2.26. The van der Waals surface area contributed by atoms with Gasteiger partial charge in [0, 0.05) is 19.1 Å². The fourth-order valence-corrected chi connectivity index (χ4v) is 1.03. The zero-order chi connectivity index (χ0) is 6.85. The van der Waals surface area contributed by atoms with Crippen molar-refractivity contribution in [3.63, 3.8) is 0 Å². The van der Waals surface area contributed by atoms with Gasteiger partial charge in [-0.1, -0.05) is 0 Å². The third-order valence-corrected chi connectivity index (χ3v) is 1.88. The molecule has 1 heterocycles. The Balaban J connectivity index is 2.19. The Bertz CT molecular complexity index is 103. The molecule has 1 aliphatic heterocycles. The third-order valence-electron chi connectivity index (χ3n) is 1.88. The summed E-state index contributed by atoms with van der Waals surface area (Å²) in [6, 6.07) is 1.20. The van der Waals surface area contributed by atoms with E-state index in [0.29, 0.717) is 12.1 Å². The lowest BCUT2D eigenvalue weighted by molar-refractivity contribution is 0.114. The van der Waals surface area contributed by atoms with Gasteiger partial charge in [-0.3, -0.25) is 9.89 Å². The van der Waals surface area contributed by atoms with Gasteiger partial charge in [-0.25, -0.2) is 0 Å². The van der Waals surface area contributed by atoms with E-state index in [1.807, 2.05) is 0 Å². The van der Waals surface area contributed by atoms with E-state index >= 15 is 0 Å². The lowest BCUT2D eigenvalue weighted by Crippen LogP contribution is -2.52. The highest BCUT2D eigenvalue weighted by atomic mass is 15.2. The molecule has 0 bridgehead atoms. The summed E-state index contributed by atoms with van der Waals surface area (Å²) in [7, 11) is 0. The molecule has 2 nitrogen and oxygen atoms in total. The van der Waals surface area contributed by atoms with E-state index < -0.39 is 0 Å². The minimum atomic E-state index is 0.521. The Kier molecular flexibility index (Phi) is 1.86. The van der Waals surface area contributed by atoms with Crippen LogP contribution in [0.1, 0.15) is 13.8 Å². The molecule has 2 heteroatoms. The van der Waals surface area contributed by atoms with Crippen molar-refractivity contribution in [2.75, 3.05) is 13.1 Å². The van der Waals surface area contributed by atoms with Crippen LogP contribution in [0, 0.1) is 0 Å². The zero-order valence-corrected chi connectivity index (χ0v) is 6.17. The summed E-state index contributed by atoms with van der Waals surface area (Å²) in [5, 5.41) is 0. The Labute approximate surface area is 56.6 Å². The maximum absolute atomic E-state index is 3.93. The van der Waals surface area contributed by atoms with Crippen LogP contribution in [0.5, 0.6) is 0 Å². The number of hydrogen-bond acceptors (Lipinski definition) is 2. The number of hydrogen-bond donors (Lipinski definition) is 0. The second kappa shape index (κ2) is 2.48. The van der Waals surface area contributed by atoms with Gasteiger partial charge >= 0.3 is 0 Å². The normalized spacial score (nSPS) is 22.1. The first-order valence-corrected chi connectivity index (χ1v) is 3.44. The van der Waals surface area contributed by atoms with Gasteiger partial charge in [0.15, 0.2) is 0 Å². The summed E-state index contributed by atoms with van der Waals surface area (Å²) in [5.41, 5.74) is 0. The SMILES string of the molecule is C=NC1CN(C(C)C)C1. The average Bonchev–Trinajstić information content (AvgIpc) is 1.61. The van der Waals surface area contributed by atoms with Crippen molar-refractivity contribution < 1.29 is 0 Å². The Hall–Kier alpha value is -0.370. The van der Waals surface area contributed by atoms with Crippen molar-refractivity contribution in [2.45, 2.75) is 25.9 Å². The Morgan fingerprint density at radius 3 is 2.44 bits per heavy atom. The first-order chi connectivity index (χ1) is 4.24. The van der Waals surface area contributed by atoms with E-state index in [2.05, 4.69) is 30.5 Å². The summed E-state index contributed by atoms with van der Waals surface area (Å²) in [6.45, 7) is 10.1. The Morgan fingerprint density at radius 1 is 1.56 bits per heavy atom. The molecule has 0 N–H and O–H groups in total. The summed E-state index contributed by atoms with van der Waals surface area (Å²) in [6.07, 6.45) is 0. The molecule has 0 amide bonds.